The van der Waals surface area contributed by atoms with Gasteiger partial charge in [-0.15, -0.1) is 11.3 Å². The van der Waals surface area contributed by atoms with E-state index in [4.69, 9.17) is 4.74 Å². The highest BCUT2D eigenvalue weighted by Gasteiger charge is 2.11. The number of thiazole rings is 1. The Morgan fingerprint density at radius 2 is 2.12 bits per heavy atom. The predicted octanol–water partition coefficient (Wildman–Crippen LogP) is 3.65. The molecule has 0 fully saturated rings. The fourth-order valence-corrected chi connectivity index (χ4v) is 3.65. The Labute approximate surface area is 153 Å². The number of benzene rings is 1. The van der Waals surface area contributed by atoms with Gasteiger partial charge in [-0.1, -0.05) is 17.7 Å². The van der Waals surface area contributed by atoms with E-state index in [-0.39, 0.29) is 19.1 Å². The molecule has 1 aromatic carbocycles. The molecular weight excluding hydrogens is 356 g/mol. The maximum absolute atomic E-state index is 12.0. The van der Waals surface area contributed by atoms with Crippen molar-refractivity contribution < 1.29 is 14.3 Å². The lowest BCUT2D eigenvalue weighted by Crippen LogP contribution is -2.30. The number of aryl methyl sites for hydroxylation is 1. The molecule has 2 aromatic heterocycles. The summed E-state index contributed by atoms with van der Waals surface area (Å²) in [6.45, 7) is 1.83. The number of nitrogens with zero attached hydrogens (tertiary/aromatic N) is 1. The lowest BCUT2D eigenvalue weighted by molar-refractivity contribution is -0.143. The molecule has 0 aliphatic heterocycles. The Kier molecular flexibility index (Phi) is 5.57. The van der Waals surface area contributed by atoms with Crippen molar-refractivity contribution in [3.05, 3.63) is 63.3 Å². The van der Waals surface area contributed by atoms with E-state index in [1.54, 1.807) is 29.5 Å². The first-order valence-electron chi connectivity index (χ1n) is 7.59. The van der Waals surface area contributed by atoms with Crippen LogP contribution in [0.1, 0.15) is 21.6 Å². The first-order chi connectivity index (χ1) is 12.1. The molecule has 0 radical (unpaired) electrons. The van der Waals surface area contributed by atoms with E-state index in [0.717, 1.165) is 16.1 Å². The van der Waals surface area contributed by atoms with Gasteiger partial charge in [0.05, 0.1) is 5.69 Å². The monoisotopic (exact) mass is 372 g/mol. The Balaban J connectivity index is 1.46. The molecule has 0 aliphatic carbocycles. The summed E-state index contributed by atoms with van der Waals surface area (Å²) in [7, 11) is 0. The van der Waals surface area contributed by atoms with Crippen molar-refractivity contribution in [2.75, 3.05) is 6.54 Å². The van der Waals surface area contributed by atoms with Crippen molar-refractivity contribution in [1.29, 1.82) is 0 Å². The summed E-state index contributed by atoms with van der Waals surface area (Å²) in [5.41, 5.74) is 3.27. The van der Waals surface area contributed by atoms with Gasteiger partial charge in [0.25, 0.3) is 5.91 Å². The zero-order chi connectivity index (χ0) is 17.6. The molecular formula is C18H16N2O3S2. The summed E-state index contributed by atoms with van der Waals surface area (Å²) in [5.74, 6) is -0.792. The lowest BCUT2D eigenvalue weighted by atomic mass is 10.1. The minimum absolute atomic E-state index is 0.0970. The van der Waals surface area contributed by atoms with Gasteiger partial charge >= 0.3 is 5.97 Å². The number of hydrogen-bond acceptors (Lipinski definition) is 6. The molecule has 0 saturated heterocycles. The smallest absolute Gasteiger partial charge is 0.325 e. The van der Waals surface area contributed by atoms with Gasteiger partial charge in [0.1, 0.15) is 18.2 Å². The highest BCUT2D eigenvalue weighted by molar-refractivity contribution is 7.14. The SMILES string of the molecule is Cc1cccc(C(=O)NCC(=O)OCc2csc(-c3ccsc3)n2)c1. The van der Waals surface area contributed by atoms with Crippen molar-refractivity contribution in [3.8, 4) is 10.6 Å². The van der Waals surface area contributed by atoms with Crippen LogP contribution in [0.4, 0.5) is 0 Å². The lowest BCUT2D eigenvalue weighted by Gasteiger charge is -2.06. The first-order valence-corrected chi connectivity index (χ1v) is 9.41. The zero-order valence-corrected chi connectivity index (χ0v) is 15.2. The summed E-state index contributed by atoms with van der Waals surface area (Å²) in [6, 6.07) is 9.18. The third-order valence-electron chi connectivity index (χ3n) is 3.37. The molecule has 128 valence electrons. The van der Waals surface area contributed by atoms with Gasteiger partial charge in [0, 0.05) is 21.9 Å². The summed E-state index contributed by atoms with van der Waals surface area (Å²) in [6.07, 6.45) is 0. The van der Waals surface area contributed by atoms with E-state index in [1.165, 1.54) is 11.3 Å². The molecule has 3 rings (SSSR count). The van der Waals surface area contributed by atoms with Crippen molar-refractivity contribution in [1.82, 2.24) is 10.3 Å². The van der Waals surface area contributed by atoms with E-state index in [2.05, 4.69) is 10.3 Å². The van der Waals surface area contributed by atoms with Crippen molar-refractivity contribution in [3.63, 3.8) is 0 Å². The average Bonchev–Trinajstić information content (AvgIpc) is 3.29. The van der Waals surface area contributed by atoms with Crippen molar-refractivity contribution >= 4 is 34.6 Å². The molecule has 0 spiro atoms. The van der Waals surface area contributed by atoms with E-state index in [9.17, 15) is 9.59 Å². The normalized spacial score (nSPS) is 10.4. The maximum atomic E-state index is 12.0. The number of esters is 1. The van der Waals surface area contributed by atoms with Crippen LogP contribution in [-0.4, -0.2) is 23.4 Å². The van der Waals surface area contributed by atoms with Gasteiger partial charge in [0.2, 0.25) is 0 Å². The van der Waals surface area contributed by atoms with Gasteiger partial charge in [-0.25, -0.2) is 4.98 Å². The number of carbonyl (C=O) groups is 2. The fourth-order valence-electron chi connectivity index (χ4n) is 2.14. The molecule has 0 atom stereocenters. The van der Waals surface area contributed by atoms with Crippen LogP contribution in [0.2, 0.25) is 0 Å². The Morgan fingerprint density at radius 3 is 2.88 bits per heavy atom. The zero-order valence-electron chi connectivity index (χ0n) is 13.5. The van der Waals surface area contributed by atoms with Crippen LogP contribution in [0.15, 0.2) is 46.5 Å². The van der Waals surface area contributed by atoms with Crippen LogP contribution in [0.3, 0.4) is 0 Å². The van der Waals surface area contributed by atoms with Crippen LogP contribution in [0, 0.1) is 6.92 Å². The molecule has 0 unspecified atom stereocenters. The fraction of sp³-hybridized carbons (Fsp3) is 0.167. The summed E-state index contributed by atoms with van der Waals surface area (Å²) in [5, 5.41) is 9.35. The molecule has 3 aromatic rings. The van der Waals surface area contributed by atoms with Gasteiger partial charge in [-0.3, -0.25) is 9.59 Å². The Bertz CT molecular complexity index is 872. The second kappa shape index (κ2) is 8.04. The largest absolute Gasteiger partial charge is 0.458 e. The standard InChI is InChI=1S/C18H16N2O3S2/c1-12-3-2-4-13(7-12)17(22)19-8-16(21)23-9-15-11-25-18(20-15)14-5-6-24-10-14/h2-7,10-11H,8-9H2,1H3,(H,19,22). The van der Waals surface area contributed by atoms with Gasteiger partial charge in [0.15, 0.2) is 0 Å². The predicted molar refractivity (Wildman–Crippen MR) is 98.7 cm³/mol. The number of amides is 1. The van der Waals surface area contributed by atoms with E-state index >= 15 is 0 Å². The number of rotatable bonds is 6. The van der Waals surface area contributed by atoms with Gasteiger partial charge in [-0.2, -0.15) is 11.3 Å². The molecule has 0 bridgehead atoms. The number of aromatic nitrogens is 1. The Morgan fingerprint density at radius 1 is 1.24 bits per heavy atom. The van der Waals surface area contributed by atoms with Gasteiger partial charge < -0.3 is 10.1 Å². The first kappa shape index (κ1) is 17.3. The van der Waals surface area contributed by atoms with Gasteiger partial charge in [-0.05, 0) is 30.5 Å². The molecule has 25 heavy (non-hydrogen) atoms. The van der Waals surface area contributed by atoms with Crippen molar-refractivity contribution in [2.24, 2.45) is 0 Å². The second-order valence-corrected chi connectivity index (χ2v) is 7.01. The molecule has 2 heterocycles. The molecule has 0 saturated carbocycles. The van der Waals surface area contributed by atoms with Crippen LogP contribution in [0.5, 0.6) is 0 Å². The van der Waals surface area contributed by atoms with E-state index in [0.29, 0.717) is 11.3 Å². The highest BCUT2D eigenvalue weighted by Crippen LogP contribution is 2.25. The molecule has 0 aliphatic rings. The quantitative estimate of drug-likeness (QED) is 0.671. The average molecular weight is 372 g/mol. The maximum Gasteiger partial charge on any atom is 0.325 e. The third kappa shape index (κ3) is 4.74. The topological polar surface area (TPSA) is 68.3 Å². The van der Waals surface area contributed by atoms with Crippen LogP contribution in [-0.2, 0) is 16.1 Å². The summed E-state index contributed by atoms with van der Waals surface area (Å²) in [4.78, 5) is 28.2. The van der Waals surface area contributed by atoms with Crippen LogP contribution in [0.25, 0.3) is 10.6 Å². The van der Waals surface area contributed by atoms with Crippen molar-refractivity contribution in [2.45, 2.75) is 13.5 Å². The summed E-state index contributed by atoms with van der Waals surface area (Å²) < 4.78 is 5.16. The molecule has 5 nitrogen and oxygen atoms in total. The number of hydrogen-bond donors (Lipinski definition) is 1. The number of ether oxygens (including phenoxy) is 1. The Hall–Kier alpha value is -2.51. The number of thiophene rings is 1. The van der Waals surface area contributed by atoms with Crippen LogP contribution < -0.4 is 5.32 Å². The highest BCUT2D eigenvalue weighted by atomic mass is 32.1. The second-order valence-electron chi connectivity index (χ2n) is 5.37. The number of carbonyl (C=O) groups excluding carboxylic acids is 2. The van der Waals surface area contributed by atoms with E-state index < -0.39 is 5.97 Å². The molecule has 7 heteroatoms. The minimum atomic E-state index is -0.494. The van der Waals surface area contributed by atoms with Crippen LogP contribution >= 0.6 is 22.7 Å². The molecule has 1 N–H and O–H groups in total. The van der Waals surface area contributed by atoms with E-state index in [1.807, 2.05) is 35.2 Å². The number of nitrogens with one attached hydrogen (secondary N) is 1. The minimum Gasteiger partial charge on any atom is -0.458 e. The summed E-state index contributed by atoms with van der Waals surface area (Å²) >= 11 is 3.12. The third-order valence-corrected chi connectivity index (χ3v) is 5.00. The molecule has 1 amide bonds.